The van der Waals surface area contributed by atoms with Crippen LogP contribution >= 0.6 is 11.3 Å². The third kappa shape index (κ3) is 3.09. The highest BCUT2D eigenvalue weighted by molar-refractivity contribution is 7.14. The van der Waals surface area contributed by atoms with E-state index in [2.05, 4.69) is 15.0 Å². The molecule has 0 bridgehead atoms. The van der Waals surface area contributed by atoms with Gasteiger partial charge in [-0.3, -0.25) is 9.78 Å². The molecule has 0 amide bonds. The Kier molecular flexibility index (Phi) is 4.38. The molecule has 140 valence electrons. The minimum Gasteiger partial charge on any atom is -0.443 e. The summed E-state index contributed by atoms with van der Waals surface area (Å²) in [5.41, 5.74) is 4.68. The number of H-pyrrole nitrogens is 1. The Hall–Kier alpha value is -3.77. The van der Waals surface area contributed by atoms with Crippen molar-refractivity contribution in [1.29, 1.82) is 0 Å². The Bertz CT molecular complexity index is 1310. The molecule has 0 aliphatic rings. The number of pyridine rings is 2. The number of oxazole rings is 1. The van der Waals surface area contributed by atoms with Crippen LogP contribution in [0.2, 0.25) is 0 Å². The quantitative estimate of drug-likeness (QED) is 0.435. The number of aromatic amines is 1. The number of nitrogens with one attached hydrogen (secondary N) is 1. The predicted molar refractivity (Wildman–Crippen MR) is 115 cm³/mol. The van der Waals surface area contributed by atoms with E-state index in [1.807, 2.05) is 60.0 Å². The molecule has 5 aromatic rings. The second-order valence-corrected chi connectivity index (χ2v) is 7.31. The van der Waals surface area contributed by atoms with Crippen molar-refractivity contribution in [3.8, 4) is 44.1 Å². The van der Waals surface area contributed by atoms with E-state index in [0.29, 0.717) is 11.3 Å². The molecule has 0 radical (unpaired) electrons. The fourth-order valence-electron chi connectivity index (χ4n) is 3.44. The zero-order chi connectivity index (χ0) is 19.6. The largest absolute Gasteiger partial charge is 0.443 e. The molecule has 0 saturated heterocycles. The SMILES string of the molecule is O=c1[nH]cc(-c2ccccn2)c(-c2ccccc2)c1-c1ccsc1-c1cnco1. The number of rotatable bonds is 4. The molecule has 0 aliphatic carbocycles. The van der Waals surface area contributed by atoms with Gasteiger partial charge in [0.1, 0.15) is 0 Å². The fourth-order valence-corrected chi connectivity index (χ4v) is 4.30. The minimum absolute atomic E-state index is 0.164. The summed E-state index contributed by atoms with van der Waals surface area (Å²) >= 11 is 1.51. The van der Waals surface area contributed by atoms with Crippen LogP contribution < -0.4 is 5.56 Å². The van der Waals surface area contributed by atoms with Crippen molar-refractivity contribution in [2.75, 3.05) is 0 Å². The van der Waals surface area contributed by atoms with Crippen LogP contribution in [-0.2, 0) is 0 Å². The predicted octanol–water partition coefficient (Wildman–Crippen LogP) is 5.49. The molecule has 29 heavy (non-hydrogen) atoms. The lowest BCUT2D eigenvalue weighted by Crippen LogP contribution is -2.11. The first-order chi connectivity index (χ1) is 14.3. The van der Waals surface area contributed by atoms with Gasteiger partial charge < -0.3 is 9.40 Å². The van der Waals surface area contributed by atoms with Crippen molar-refractivity contribution in [2.24, 2.45) is 0 Å². The summed E-state index contributed by atoms with van der Waals surface area (Å²) < 4.78 is 5.52. The van der Waals surface area contributed by atoms with Crippen molar-refractivity contribution in [1.82, 2.24) is 15.0 Å². The van der Waals surface area contributed by atoms with Crippen molar-refractivity contribution in [2.45, 2.75) is 0 Å². The smallest absolute Gasteiger partial charge is 0.256 e. The van der Waals surface area contributed by atoms with Gasteiger partial charge in [0.15, 0.2) is 12.2 Å². The van der Waals surface area contributed by atoms with Crippen LogP contribution in [0.25, 0.3) is 44.1 Å². The third-order valence-corrected chi connectivity index (χ3v) is 5.62. The second-order valence-electron chi connectivity index (χ2n) is 6.39. The molecule has 0 fully saturated rings. The summed E-state index contributed by atoms with van der Waals surface area (Å²) in [5.74, 6) is 0.636. The Balaban J connectivity index is 1.86. The van der Waals surface area contributed by atoms with Crippen molar-refractivity contribution < 1.29 is 4.42 Å². The molecular weight excluding hydrogens is 382 g/mol. The molecule has 1 aromatic carbocycles. The number of aromatic nitrogens is 3. The highest BCUT2D eigenvalue weighted by Gasteiger charge is 2.22. The summed E-state index contributed by atoms with van der Waals surface area (Å²) in [4.78, 5) is 25.4. The maximum absolute atomic E-state index is 13.1. The van der Waals surface area contributed by atoms with E-state index in [9.17, 15) is 4.79 Å². The van der Waals surface area contributed by atoms with Gasteiger partial charge in [-0.2, -0.15) is 0 Å². The van der Waals surface area contributed by atoms with E-state index in [0.717, 1.165) is 32.8 Å². The summed E-state index contributed by atoms with van der Waals surface area (Å²) in [6.07, 6.45) is 6.54. The van der Waals surface area contributed by atoms with Crippen LogP contribution in [-0.4, -0.2) is 15.0 Å². The number of thiophene rings is 1. The zero-order valence-corrected chi connectivity index (χ0v) is 16.0. The molecule has 0 aliphatic heterocycles. The van der Waals surface area contributed by atoms with E-state index in [1.54, 1.807) is 18.6 Å². The fraction of sp³-hybridized carbons (Fsp3) is 0. The van der Waals surface area contributed by atoms with E-state index >= 15 is 0 Å². The Morgan fingerprint density at radius 2 is 1.79 bits per heavy atom. The van der Waals surface area contributed by atoms with Gasteiger partial charge in [-0.15, -0.1) is 11.3 Å². The maximum atomic E-state index is 13.1. The molecule has 6 heteroatoms. The first kappa shape index (κ1) is 17.3. The molecule has 5 nitrogen and oxygen atoms in total. The van der Waals surface area contributed by atoms with Gasteiger partial charge in [0.05, 0.1) is 22.3 Å². The lowest BCUT2D eigenvalue weighted by atomic mass is 9.91. The molecule has 0 saturated carbocycles. The van der Waals surface area contributed by atoms with E-state index in [4.69, 9.17) is 4.42 Å². The molecular formula is C23H15N3O2S. The molecule has 0 unspecified atom stereocenters. The Morgan fingerprint density at radius 1 is 0.931 bits per heavy atom. The normalized spacial score (nSPS) is 10.9. The first-order valence-electron chi connectivity index (χ1n) is 9.02. The van der Waals surface area contributed by atoms with Crippen LogP contribution in [0.3, 0.4) is 0 Å². The maximum Gasteiger partial charge on any atom is 0.256 e. The Morgan fingerprint density at radius 3 is 2.55 bits per heavy atom. The molecule has 0 atom stereocenters. The summed E-state index contributed by atoms with van der Waals surface area (Å²) in [6.45, 7) is 0. The van der Waals surface area contributed by atoms with E-state index < -0.39 is 0 Å². The first-order valence-corrected chi connectivity index (χ1v) is 9.90. The lowest BCUT2D eigenvalue weighted by molar-refractivity contribution is 0.573. The van der Waals surface area contributed by atoms with Crippen LogP contribution in [0.4, 0.5) is 0 Å². The molecule has 0 spiro atoms. The number of hydrogen-bond acceptors (Lipinski definition) is 5. The molecule has 1 N–H and O–H groups in total. The second kappa shape index (κ2) is 7.33. The number of benzene rings is 1. The summed E-state index contributed by atoms with van der Waals surface area (Å²) in [6, 6.07) is 17.6. The van der Waals surface area contributed by atoms with Gasteiger partial charge in [-0.05, 0) is 29.1 Å². The van der Waals surface area contributed by atoms with Crippen LogP contribution in [0, 0.1) is 0 Å². The monoisotopic (exact) mass is 397 g/mol. The average Bonchev–Trinajstić information content (AvgIpc) is 3.46. The van der Waals surface area contributed by atoms with Crippen molar-refractivity contribution in [3.63, 3.8) is 0 Å². The zero-order valence-electron chi connectivity index (χ0n) is 15.2. The van der Waals surface area contributed by atoms with Gasteiger partial charge in [-0.1, -0.05) is 36.4 Å². The van der Waals surface area contributed by atoms with Crippen LogP contribution in [0.1, 0.15) is 0 Å². The number of nitrogens with zero attached hydrogens (tertiary/aromatic N) is 2. The third-order valence-electron chi connectivity index (χ3n) is 4.69. The molecule has 4 aromatic heterocycles. The topological polar surface area (TPSA) is 71.8 Å². The van der Waals surface area contributed by atoms with Crippen LogP contribution in [0.15, 0.2) is 94.2 Å². The minimum atomic E-state index is -0.164. The highest BCUT2D eigenvalue weighted by atomic mass is 32.1. The summed E-state index contributed by atoms with van der Waals surface area (Å²) in [5, 5.41) is 1.95. The van der Waals surface area contributed by atoms with Gasteiger partial charge in [0, 0.05) is 29.1 Å². The van der Waals surface area contributed by atoms with Crippen molar-refractivity contribution in [3.05, 3.63) is 95.3 Å². The van der Waals surface area contributed by atoms with E-state index in [1.165, 1.54) is 17.7 Å². The summed E-state index contributed by atoms with van der Waals surface area (Å²) in [7, 11) is 0. The van der Waals surface area contributed by atoms with Gasteiger partial charge in [0.25, 0.3) is 5.56 Å². The van der Waals surface area contributed by atoms with Gasteiger partial charge in [0.2, 0.25) is 0 Å². The van der Waals surface area contributed by atoms with Crippen molar-refractivity contribution >= 4 is 11.3 Å². The average molecular weight is 397 g/mol. The standard InChI is InChI=1S/C23H15N3O2S/c27-23-21(16-9-11-29-22(16)19-13-24-14-28-19)20(15-6-2-1-3-7-15)17(12-26-23)18-8-4-5-10-25-18/h1-14H,(H,26,27). The van der Waals surface area contributed by atoms with E-state index in [-0.39, 0.29) is 5.56 Å². The highest BCUT2D eigenvalue weighted by Crippen LogP contribution is 2.42. The van der Waals surface area contributed by atoms with Gasteiger partial charge >= 0.3 is 0 Å². The Labute approximate surface area is 170 Å². The van der Waals surface area contributed by atoms with Crippen LogP contribution in [0.5, 0.6) is 0 Å². The molecule has 5 rings (SSSR count). The number of hydrogen-bond donors (Lipinski definition) is 1. The molecule has 4 heterocycles. The lowest BCUT2D eigenvalue weighted by Gasteiger charge is -2.14. The van der Waals surface area contributed by atoms with Gasteiger partial charge in [-0.25, -0.2) is 4.98 Å².